The lowest BCUT2D eigenvalue weighted by Crippen LogP contribution is -2.45. The van der Waals surface area contributed by atoms with Gasteiger partial charge in [0.25, 0.3) is 5.56 Å². The van der Waals surface area contributed by atoms with Gasteiger partial charge in [0.05, 0.1) is 18.4 Å². The maximum absolute atomic E-state index is 12.7. The number of piperidine rings is 1. The molecule has 0 bridgehead atoms. The van der Waals surface area contributed by atoms with Gasteiger partial charge in [-0.15, -0.1) is 0 Å². The van der Waals surface area contributed by atoms with Crippen LogP contribution in [-0.4, -0.2) is 34.8 Å². The van der Waals surface area contributed by atoms with E-state index in [-0.39, 0.29) is 17.4 Å². The summed E-state index contributed by atoms with van der Waals surface area (Å²) < 4.78 is 1.49. The predicted molar refractivity (Wildman–Crippen MR) is 119 cm³/mol. The molecular formula is C24H32N4O2. The Morgan fingerprint density at radius 3 is 2.43 bits per heavy atom. The Morgan fingerprint density at radius 2 is 1.77 bits per heavy atom. The molecule has 2 heterocycles. The molecule has 1 saturated heterocycles. The maximum Gasteiger partial charge on any atom is 0.269 e. The van der Waals surface area contributed by atoms with Crippen molar-refractivity contribution in [1.29, 1.82) is 0 Å². The smallest absolute Gasteiger partial charge is 0.269 e. The van der Waals surface area contributed by atoms with Crippen LogP contribution in [0.25, 0.3) is 0 Å². The Hall–Kier alpha value is -2.63. The molecule has 1 saturated carbocycles. The number of nitrogens with zero attached hydrogens (tertiary/aromatic N) is 3. The standard InChI is InChI=1S/C24H32N4O2/c1-18-7-9-21(10-8-18)26-24(30)20-11-13-27(14-12-20)22-15-23(29)28(25-16-22)17-19-5-3-2-4-6-19/h2-6,15-16,18,20-21H,7-14,17H2,1H3,(H,26,30). The molecule has 4 rings (SSSR count). The first-order valence-electron chi connectivity index (χ1n) is 11.2. The van der Waals surface area contributed by atoms with Crippen LogP contribution in [0, 0.1) is 11.8 Å². The first-order valence-corrected chi connectivity index (χ1v) is 11.2. The Kier molecular flexibility index (Phi) is 6.50. The Balaban J connectivity index is 1.30. The minimum Gasteiger partial charge on any atom is -0.370 e. The van der Waals surface area contributed by atoms with E-state index >= 15 is 0 Å². The van der Waals surface area contributed by atoms with Gasteiger partial charge >= 0.3 is 0 Å². The fraction of sp³-hybridized carbons (Fsp3) is 0.542. The molecule has 1 aromatic carbocycles. The van der Waals surface area contributed by atoms with Crippen LogP contribution < -0.4 is 15.8 Å². The number of anilines is 1. The quantitative estimate of drug-likeness (QED) is 0.825. The van der Waals surface area contributed by atoms with Crippen molar-refractivity contribution in [2.75, 3.05) is 18.0 Å². The molecule has 0 radical (unpaired) electrons. The van der Waals surface area contributed by atoms with E-state index in [9.17, 15) is 9.59 Å². The molecule has 2 aromatic rings. The molecule has 160 valence electrons. The van der Waals surface area contributed by atoms with Crippen LogP contribution in [0.5, 0.6) is 0 Å². The molecule has 0 atom stereocenters. The van der Waals surface area contributed by atoms with Crippen LogP contribution in [0.1, 0.15) is 51.0 Å². The SMILES string of the molecule is CC1CCC(NC(=O)C2CCN(c3cnn(Cc4ccccc4)c(=O)c3)CC2)CC1. The number of hydrogen-bond acceptors (Lipinski definition) is 4. The van der Waals surface area contributed by atoms with E-state index in [1.54, 1.807) is 12.3 Å². The van der Waals surface area contributed by atoms with Crippen molar-refractivity contribution < 1.29 is 4.79 Å². The minimum absolute atomic E-state index is 0.0759. The van der Waals surface area contributed by atoms with E-state index in [1.165, 1.54) is 17.5 Å². The molecule has 6 heteroatoms. The number of aromatic nitrogens is 2. The molecule has 6 nitrogen and oxygen atoms in total. The third-order valence-corrected chi connectivity index (χ3v) is 6.62. The zero-order valence-electron chi connectivity index (χ0n) is 17.8. The summed E-state index contributed by atoms with van der Waals surface area (Å²) in [6.07, 6.45) is 8.06. The summed E-state index contributed by atoms with van der Waals surface area (Å²) in [6, 6.07) is 11.9. The first-order chi connectivity index (χ1) is 14.6. The normalized spacial score (nSPS) is 22.6. The van der Waals surface area contributed by atoms with Crippen molar-refractivity contribution in [3.63, 3.8) is 0 Å². The van der Waals surface area contributed by atoms with Crippen molar-refractivity contribution in [2.24, 2.45) is 11.8 Å². The van der Waals surface area contributed by atoms with Crippen molar-refractivity contribution in [3.8, 4) is 0 Å². The Bertz CT molecular complexity index is 895. The van der Waals surface area contributed by atoms with Gasteiger partial charge in [0.15, 0.2) is 0 Å². The number of carbonyl (C=O) groups excluding carboxylic acids is 1. The highest BCUT2D eigenvalue weighted by molar-refractivity contribution is 5.79. The maximum atomic E-state index is 12.7. The van der Waals surface area contributed by atoms with Crippen LogP contribution >= 0.6 is 0 Å². The average Bonchev–Trinajstić information content (AvgIpc) is 2.77. The van der Waals surface area contributed by atoms with Gasteiger partial charge in [-0.3, -0.25) is 9.59 Å². The summed E-state index contributed by atoms with van der Waals surface area (Å²) >= 11 is 0. The molecule has 1 aromatic heterocycles. The fourth-order valence-electron chi connectivity index (χ4n) is 4.60. The summed E-state index contributed by atoms with van der Waals surface area (Å²) in [4.78, 5) is 27.4. The van der Waals surface area contributed by atoms with Crippen LogP contribution in [-0.2, 0) is 11.3 Å². The third-order valence-electron chi connectivity index (χ3n) is 6.62. The molecule has 0 unspecified atom stereocenters. The van der Waals surface area contributed by atoms with E-state index in [4.69, 9.17) is 0 Å². The third kappa shape index (κ3) is 5.10. The summed E-state index contributed by atoms with van der Waals surface area (Å²) in [7, 11) is 0. The lowest BCUT2D eigenvalue weighted by Gasteiger charge is -2.34. The van der Waals surface area contributed by atoms with Gasteiger partial charge in [-0.2, -0.15) is 5.10 Å². The molecule has 1 aliphatic carbocycles. The number of benzene rings is 1. The molecule has 1 aliphatic heterocycles. The lowest BCUT2D eigenvalue weighted by molar-refractivity contribution is -0.126. The molecule has 0 spiro atoms. The van der Waals surface area contributed by atoms with Gasteiger partial charge in [0, 0.05) is 31.1 Å². The van der Waals surface area contributed by atoms with E-state index in [0.717, 1.165) is 55.9 Å². The molecule has 1 amide bonds. The largest absolute Gasteiger partial charge is 0.370 e. The minimum atomic E-state index is -0.0947. The van der Waals surface area contributed by atoms with Crippen molar-refractivity contribution in [2.45, 2.75) is 58.0 Å². The van der Waals surface area contributed by atoms with E-state index in [0.29, 0.717) is 12.6 Å². The zero-order chi connectivity index (χ0) is 20.9. The first kappa shape index (κ1) is 20.6. The summed E-state index contributed by atoms with van der Waals surface area (Å²) in [5.74, 6) is 1.08. The van der Waals surface area contributed by atoms with E-state index in [1.807, 2.05) is 30.3 Å². The van der Waals surface area contributed by atoms with Gasteiger partial charge < -0.3 is 10.2 Å². The highest BCUT2D eigenvalue weighted by Crippen LogP contribution is 2.26. The highest BCUT2D eigenvalue weighted by Gasteiger charge is 2.28. The van der Waals surface area contributed by atoms with E-state index in [2.05, 4.69) is 22.2 Å². The lowest BCUT2D eigenvalue weighted by atomic mass is 9.86. The monoisotopic (exact) mass is 408 g/mol. The van der Waals surface area contributed by atoms with Gasteiger partial charge in [0.1, 0.15) is 0 Å². The van der Waals surface area contributed by atoms with Gasteiger partial charge in [0.2, 0.25) is 5.91 Å². The van der Waals surface area contributed by atoms with Crippen LogP contribution in [0.3, 0.4) is 0 Å². The molecule has 2 fully saturated rings. The number of hydrogen-bond donors (Lipinski definition) is 1. The second-order valence-corrected chi connectivity index (χ2v) is 8.92. The van der Waals surface area contributed by atoms with Gasteiger partial charge in [-0.05, 0) is 50.0 Å². The average molecular weight is 409 g/mol. The van der Waals surface area contributed by atoms with E-state index < -0.39 is 0 Å². The number of amides is 1. The van der Waals surface area contributed by atoms with Crippen molar-refractivity contribution >= 4 is 11.6 Å². The second-order valence-electron chi connectivity index (χ2n) is 8.92. The molecule has 2 aliphatic rings. The molecule has 1 N–H and O–H groups in total. The van der Waals surface area contributed by atoms with Gasteiger partial charge in [-0.25, -0.2) is 4.68 Å². The summed E-state index contributed by atoms with van der Waals surface area (Å²) in [5, 5.41) is 7.65. The molecular weight excluding hydrogens is 376 g/mol. The summed E-state index contributed by atoms with van der Waals surface area (Å²) in [6.45, 7) is 4.33. The Labute approximate surface area is 178 Å². The Morgan fingerprint density at radius 1 is 1.07 bits per heavy atom. The van der Waals surface area contributed by atoms with Crippen LogP contribution in [0.15, 0.2) is 47.4 Å². The number of nitrogens with one attached hydrogen (secondary N) is 1. The number of carbonyl (C=O) groups is 1. The highest BCUT2D eigenvalue weighted by atomic mass is 16.2. The predicted octanol–water partition coefficient (Wildman–Crippen LogP) is 3.20. The van der Waals surface area contributed by atoms with Gasteiger partial charge in [-0.1, -0.05) is 37.3 Å². The summed E-state index contributed by atoms with van der Waals surface area (Å²) in [5.41, 5.74) is 1.81. The number of rotatable bonds is 5. The molecule has 30 heavy (non-hydrogen) atoms. The van der Waals surface area contributed by atoms with Crippen molar-refractivity contribution in [1.82, 2.24) is 15.1 Å². The topological polar surface area (TPSA) is 67.2 Å². The van der Waals surface area contributed by atoms with Crippen LogP contribution in [0.2, 0.25) is 0 Å². The zero-order valence-corrected chi connectivity index (χ0v) is 17.8. The van der Waals surface area contributed by atoms with Crippen molar-refractivity contribution in [3.05, 3.63) is 58.5 Å². The second kappa shape index (κ2) is 9.45. The van der Waals surface area contributed by atoms with Crippen LogP contribution in [0.4, 0.5) is 5.69 Å². The fourth-order valence-corrected chi connectivity index (χ4v) is 4.60.